The summed E-state index contributed by atoms with van der Waals surface area (Å²) in [5.74, 6) is 0.498. The lowest BCUT2D eigenvalue weighted by Crippen LogP contribution is -2.31. The second kappa shape index (κ2) is 8.21. The summed E-state index contributed by atoms with van der Waals surface area (Å²) in [7, 11) is -3.69. The maximum absolute atomic E-state index is 12.1. The molecule has 0 fully saturated rings. The number of amides is 1. The van der Waals surface area contributed by atoms with Crippen LogP contribution in [-0.2, 0) is 21.2 Å². The molecule has 2 aromatic heterocycles. The van der Waals surface area contributed by atoms with Gasteiger partial charge in [-0.25, -0.2) is 23.5 Å². The van der Waals surface area contributed by atoms with Crippen molar-refractivity contribution in [3.8, 4) is 0 Å². The highest BCUT2D eigenvalue weighted by Crippen LogP contribution is 2.32. The maximum Gasteiger partial charge on any atom is 0.239 e. The average molecular weight is 420 g/mol. The molecule has 8 nitrogen and oxygen atoms in total. The molecule has 4 N–H and O–H groups in total. The zero-order valence-electron chi connectivity index (χ0n) is 15.5. The Morgan fingerprint density at radius 1 is 1.18 bits per heavy atom. The number of carbonyl (C=O) groups excluding carboxylic acids is 1. The number of thiophene rings is 1. The molecule has 0 unspecified atom stereocenters. The van der Waals surface area contributed by atoms with Gasteiger partial charge < -0.3 is 10.6 Å². The van der Waals surface area contributed by atoms with Gasteiger partial charge in [0.25, 0.3) is 0 Å². The van der Waals surface area contributed by atoms with Crippen LogP contribution in [0.5, 0.6) is 0 Å². The normalized spacial score (nSPS) is 11.5. The number of carbonyl (C=O) groups is 1. The van der Waals surface area contributed by atoms with E-state index >= 15 is 0 Å². The van der Waals surface area contributed by atoms with Gasteiger partial charge >= 0.3 is 0 Å². The van der Waals surface area contributed by atoms with Crippen molar-refractivity contribution in [2.24, 2.45) is 5.14 Å². The molecule has 0 aliphatic heterocycles. The van der Waals surface area contributed by atoms with Crippen molar-refractivity contribution in [3.05, 3.63) is 46.6 Å². The number of aryl methyl sites for hydroxylation is 2. The van der Waals surface area contributed by atoms with Gasteiger partial charge in [0, 0.05) is 11.4 Å². The quantitative estimate of drug-likeness (QED) is 0.535. The number of anilines is 1. The topological polar surface area (TPSA) is 127 Å². The van der Waals surface area contributed by atoms with E-state index in [9.17, 15) is 13.2 Å². The lowest BCUT2D eigenvalue weighted by Gasteiger charge is -2.09. The van der Waals surface area contributed by atoms with Crippen LogP contribution in [0.15, 0.2) is 35.5 Å². The summed E-state index contributed by atoms with van der Waals surface area (Å²) >= 11 is 1.60. The summed E-state index contributed by atoms with van der Waals surface area (Å²) in [5, 5.41) is 11.9. The van der Waals surface area contributed by atoms with Gasteiger partial charge in [0.05, 0.1) is 16.8 Å². The number of sulfonamides is 1. The van der Waals surface area contributed by atoms with Gasteiger partial charge in [-0.05, 0) is 43.5 Å². The van der Waals surface area contributed by atoms with Gasteiger partial charge in [0.1, 0.15) is 17.0 Å². The molecule has 148 valence electrons. The number of hydrogen-bond donors (Lipinski definition) is 3. The zero-order valence-corrected chi connectivity index (χ0v) is 17.2. The fourth-order valence-electron chi connectivity index (χ4n) is 2.73. The second-order valence-corrected chi connectivity index (χ2v) is 9.09. The first-order valence-electron chi connectivity index (χ1n) is 8.58. The molecule has 0 saturated carbocycles. The largest absolute Gasteiger partial charge is 0.360 e. The van der Waals surface area contributed by atoms with Crippen molar-refractivity contribution in [1.29, 1.82) is 0 Å². The van der Waals surface area contributed by atoms with E-state index in [1.54, 1.807) is 23.5 Å². The van der Waals surface area contributed by atoms with E-state index in [0.717, 1.165) is 21.3 Å². The molecule has 0 spiro atoms. The van der Waals surface area contributed by atoms with Crippen LogP contribution in [0.2, 0.25) is 0 Å². The van der Waals surface area contributed by atoms with E-state index in [1.807, 2.05) is 13.8 Å². The average Bonchev–Trinajstić information content (AvgIpc) is 2.94. The van der Waals surface area contributed by atoms with Gasteiger partial charge in [-0.15, -0.1) is 11.3 Å². The molecule has 0 bridgehead atoms. The summed E-state index contributed by atoms with van der Waals surface area (Å²) in [5.41, 5.74) is 2.02. The molecule has 2 heterocycles. The van der Waals surface area contributed by atoms with Crippen molar-refractivity contribution in [3.63, 3.8) is 0 Å². The summed E-state index contributed by atoms with van der Waals surface area (Å²) in [4.78, 5) is 22.8. The minimum absolute atomic E-state index is 0.0691. The van der Waals surface area contributed by atoms with Gasteiger partial charge in [-0.1, -0.05) is 12.1 Å². The van der Waals surface area contributed by atoms with E-state index in [0.29, 0.717) is 18.8 Å². The number of hydrogen-bond acceptors (Lipinski definition) is 7. The smallest absolute Gasteiger partial charge is 0.239 e. The summed E-state index contributed by atoms with van der Waals surface area (Å²) in [6.45, 7) is 4.59. The van der Waals surface area contributed by atoms with Crippen LogP contribution in [0.3, 0.4) is 0 Å². The zero-order chi connectivity index (χ0) is 20.3. The first-order chi connectivity index (χ1) is 13.3. The molecule has 10 heteroatoms. The molecule has 3 rings (SSSR count). The summed E-state index contributed by atoms with van der Waals surface area (Å²) in [6.07, 6.45) is 2.07. The number of nitrogens with zero attached hydrogens (tertiary/aromatic N) is 2. The first kappa shape index (κ1) is 20.2. The van der Waals surface area contributed by atoms with Crippen molar-refractivity contribution in [2.45, 2.75) is 25.2 Å². The lowest BCUT2D eigenvalue weighted by atomic mass is 10.1. The Morgan fingerprint density at radius 2 is 1.89 bits per heavy atom. The van der Waals surface area contributed by atoms with Crippen LogP contribution in [-0.4, -0.2) is 37.4 Å². The third kappa shape index (κ3) is 4.64. The van der Waals surface area contributed by atoms with E-state index in [4.69, 9.17) is 5.14 Å². The van der Waals surface area contributed by atoms with Crippen LogP contribution < -0.4 is 15.8 Å². The van der Waals surface area contributed by atoms with Gasteiger partial charge in [0.15, 0.2) is 0 Å². The highest BCUT2D eigenvalue weighted by molar-refractivity contribution is 7.89. The molecule has 1 amide bonds. The van der Waals surface area contributed by atoms with Crippen LogP contribution in [0.25, 0.3) is 10.2 Å². The fourth-order valence-corrected chi connectivity index (χ4v) is 4.25. The molecular weight excluding hydrogens is 398 g/mol. The molecule has 0 radical (unpaired) electrons. The summed E-state index contributed by atoms with van der Waals surface area (Å²) in [6, 6.07) is 6.28. The monoisotopic (exact) mass is 419 g/mol. The van der Waals surface area contributed by atoms with E-state index < -0.39 is 10.0 Å². The number of benzene rings is 1. The molecule has 0 atom stereocenters. The second-order valence-electron chi connectivity index (χ2n) is 6.33. The van der Waals surface area contributed by atoms with Crippen molar-refractivity contribution in [1.82, 2.24) is 15.3 Å². The Bertz CT molecular complexity index is 1110. The molecule has 3 aromatic rings. The Balaban J connectivity index is 1.52. The van der Waals surface area contributed by atoms with E-state index in [2.05, 4.69) is 20.6 Å². The molecule has 0 aliphatic carbocycles. The molecular formula is C18H21N5O3S2. The predicted octanol–water partition coefficient (Wildman–Crippen LogP) is 1.73. The van der Waals surface area contributed by atoms with Crippen LogP contribution in [0.1, 0.15) is 16.0 Å². The number of aromatic nitrogens is 2. The molecule has 28 heavy (non-hydrogen) atoms. The standard InChI is InChI=1S/C18H21N5O3S2/c1-11-12(2)27-18-16(11)17(22-10-23-18)21-9-15(24)20-8-7-13-3-5-14(6-4-13)28(19,25)26/h3-6,10H,7-9H2,1-2H3,(H,20,24)(H2,19,25,26)(H,21,22,23). The Morgan fingerprint density at radius 3 is 2.57 bits per heavy atom. The minimum atomic E-state index is -3.69. The number of rotatable bonds is 7. The third-order valence-corrected chi connectivity index (χ3v) is 6.41. The van der Waals surface area contributed by atoms with Gasteiger partial charge in [0.2, 0.25) is 15.9 Å². The molecule has 0 aliphatic rings. The highest BCUT2D eigenvalue weighted by atomic mass is 32.2. The Hall–Kier alpha value is -2.56. The van der Waals surface area contributed by atoms with Crippen LogP contribution in [0.4, 0.5) is 5.82 Å². The summed E-state index contributed by atoms with van der Waals surface area (Å²) < 4.78 is 22.5. The van der Waals surface area contributed by atoms with Gasteiger partial charge in [-0.3, -0.25) is 4.79 Å². The first-order valence-corrected chi connectivity index (χ1v) is 10.9. The van der Waals surface area contributed by atoms with Crippen molar-refractivity contribution >= 4 is 43.3 Å². The predicted molar refractivity (Wildman–Crippen MR) is 110 cm³/mol. The molecule has 1 aromatic carbocycles. The van der Waals surface area contributed by atoms with Crippen LogP contribution in [0, 0.1) is 13.8 Å². The fraction of sp³-hybridized carbons (Fsp3) is 0.278. The number of fused-ring (bicyclic) bond motifs is 1. The minimum Gasteiger partial charge on any atom is -0.360 e. The SMILES string of the molecule is Cc1sc2ncnc(NCC(=O)NCCc3ccc(S(N)(=O)=O)cc3)c2c1C. The number of nitrogens with two attached hydrogens (primary N) is 1. The van der Waals surface area contributed by atoms with Crippen LogP contribution >= 0.6 is 11.3 Å². The van der Waals surface area contributed by atoms with Crippen molar-refractivity contribution < 1.29 is 13.2 Å². The Kier molecular flexibility index (Phi) is 5.92. The maximum atomic E-state index is 12.1. The third-order valence-electron chi connectivity index (χ3n) is 4.37. The number of nitrogens with one attached hydrogen (secondary N) is 2. The van der Waals surface area contributed by atoms with E-state index in [-0.39, 0.29) is 17.3 Å². The highest BCUT2D eigenvalue weighted by Gasteiger charge is 2.12. The van der Waals surface area contributed by atoms with Gasteiger partial charge in [-0.2, -0.15) is 0 Å². The lowest BCUT2D eigenvalue weighted by molar-refractivity contribution is -0.119. The number of primary sulfonamides is 1. The molecule has 0 saturated heterocycles. The van der Waals surface area contributed by atoms with E-state index in [1.165, 1.54) is 23.3 Å². The van der Waals surface area contributed by atoms with Crippen molar-refractivity contribution in [2.75, 3.05) is 18.4 Å². The Labute approximate surface area is 167 Å².